The quantitative estimate of drug-likeness (QED) is 0.647. The maximum absolute atomic E-state index is 12.7. The number of nitrogens with one attached hydrogen (secondary N) is 2. The molecule has 0 unspecified atom stereocenters. The second-order valence-electron chi connectivity index (χ2n) is 7.98. The zero-order valence-corrected chi connectivity index (χ0v) is 18.1. The number of carbonyl (C=O) groups excluding carboxylic acids is 2. The number of hydrogen-bond donors (Lipinski definition) is 2. The van der Waals surface area contributed by atoms with Gasteiger partial charge in [-0.1, -0.05) is 29.5 Å². The molecule has 9 heteroatoms. The molecule has 154 valence electrons. The molecule has 2 heterocycles. The molecule has 8 nitrogen and oxygen atoms in total. The lowest BCUT2D eigenvalue weighted by molar-refractivity contribution is 0.0945. The Kier molecular flexibility index (Phi) is 5.99. The summed E-state index contributed by atoms with van der Waals surface area (Å²) in [6, 6.07) is 8.95. The van der Waals surface area contributed by atoms with E-state index in [-0.39, 0.29) is 17.4 Å². The van der Waals surface area contributed by atoms with Crippen molar-refractivity contribution in [2.24, 2.45) is 0 Å². The number of thiazole rings is 1. The van der Waals surface area contributed by atoms with Crippen LogP contribution >= 0.6 is 11.3 Å². The predicted octanol–water partition coefficient (Wildman–Crippen LogP) is 2.79. The van der Waals surface area contributed by atoms with Gasteiger partial charge in [-0.2, -0.15) is 10.1 Å². The van der Waals surface area contributed by atoms with Crippen LogP contribution in [0.25, 0.3) is 10.3 Å². The van der Waals surface area contributed by atoms with E-state index in [4.69, 9.17) is 0 Å². The van der Waals surface area contributed by atoms with Crippen LogP contribution in [0.15, 0.2) is 30.3 Å². The molecule has 1 aromatic carbocycles. The van der Waals surface area contributed by atoms with Gasteiger partial charge in [0, 0.05) is 18.7 Å². The maximum atomic E-state index is 12.7. The molecule has 0 aliphatic carbocycles. The van der Waals surface area contributed by atoms with E-state index in [9.17, 15) is 9.59 Å². The van der Waals surface area contributed by atoms with E-state index in [1.165, 1.54) is 11.3 Å². The Balaban J connectivity index is 1.91. The Morgan fingerprint density at radius 2 is 1.83 bits per heavy atom. The minimum atomic E-state index is -0.366. The van der Waals surface area contributed by atoms with Crippen molar-refractivity contribution in [1.29, 1.82) is 0 Å². The first-order valence-electron chi connectivity index (χ1n) is 9.36. The summed E-state index contributed by atoms with van der Waals surface area (Å²) < 4.78 is 2.39. The number of amides is 2. The van der Waals surface area contributed by atoms with Crippen molar-refractivity contribution in [3.05, 3.63) is 41.6 Å². The molecule has 2 aromatic heterocycles. The number of nitrogens with zero attached hydrogens (tertiary/aromatic N) is 4. The minimum absolute atomic E-state index is 0.241. The third kappa shape index (κ3) is 4.80. The summed E-state index contributed by atoms with van der Waals surface area (Å²) in [7, 11) is 3.90. The summed E-state index contributed by atoms with van der Waals surface area (Å²) in [6.07, 6.45) is 0. The number of fused-ring (bicyclic) bond motifs is 1. The Labute approximate surface area is 173 Å². The summed E-state index contributed by atoms with van der Waals surface area (Å²) in [4.78, 5) is 31.7. The second kappa shape index (κ2) is 8.30. The Morgan fingerprint density at radius 1 is 1.14 bits per heavy atom. The van der Waals surface area contributed by atoms with Crippen LogP contribution in [0.5, 0.6) is 0 Å². The number of likely N-dealkylation sites (N-methyl/N-ethyl adjacent to an activating group) is 1. The molecule has 3 rings (SSSR count). The van der Waals surface area contributed by atoms with E-state index in [0.717, 1.165) is 6.54 Å². The van der Waals surface area contributed by atoms with E-state index in [1.807, 2.05) is 45.8 Å². The highest BCUT2D eigenvalue weighted by Gasteiger charge is 2.27. The van der Waals surface area contributed by atoms with Gasteiger partial charge in [0.2, 0.25) is 0 Å². The zero-order valence-electron chi connectivity index (χ0n) is 17.3. The van der Waals surface area contributed by atoms with E-state index in [1.54, 1.807) is 28.9 Å². The second-order valence-corrected chi connectivity index (χ2v) is 8.98. The van der Waals surface area contributed by atoms with Crippen LogP contribution in [0.3, 0.4) is 0 Å². The van der Waals surface area contributed by atoms with Gasteiger partial charge in [0.1, 0.15) is 4.70 Å². The normalized spacial score (nSPS) is 11.8. The monoisotopic (exact) mass is 414 g/mol. The first-order chi connectivity index (χ1) is 13.7. The molecule has 0 saturated heterocycles. The Bertz CT molecular complexity index is 1020. The number of benzene rings is 1. The van der Waals surface area contributed by atoms with Crippen molar-refractivity contribution in [3.8, 4) is 0 Å². The van der Waals surface area contributed by atoms with Gasteiger partial charge < -0.3 is 10.2 Å². The van der Waals surface area contributed by atoms with Gasteiger partial charge in [0.15, 0.2) is 16.5 Å². The minimum Gasteiger partial charge on any atom is -0.349 e. The summed E-state index contributed by atoms with van der Waals surface area (Å²) in [6.45, 7) is 7.24. The van der Waals surface area contributed by atoms with Crippen LogP contribution in [0.4, 0.5) is 5.13 Å². The van der Waals surface area contributed by atoms with Crippen molar-refractivity contribution in [1.82, 2.24) is 25.0 Å². The van der Waals surface area contributed by atoms with Crippen molar-refractivity contribution in [3.63, 3.8) is 0 Å². The molecule has 3 aromatic rings. The predicted molar refractivity (Wildman–Crippen MR) is 116 cm³/mol. The third-order valence-corrected chi connectivity index (χ3v) is 5.14. The molecule has 0 aliphatic rings. The number of carbonyl (C=O) groups is 2. The molecule has 0 saturated carbocycles. The fraction of sp³-hybridized carbons (Fsp3) is 0.400. The molecule has 0 fully saturated rings. The summed E-state index contributed by atoms with van der Waals surface area (Å²) >= 11 is 1.25. The van der Waals surface area contributed by atoms with Crippen molar-refractivity contribution >= 4 is 38.6 Å². The lowest BCUT2D eigenvalue weighted by Crippen LogP contribution is -2.32. The van der Waals surface area contributed by atoms with Crippen LogP contribution < -0.4 is 10.6 Å². The molecule has 0 radical (unpaired) electrons. The molecular formula is C20H26N6O2S. The van der Waals surface area contributed by atoms with Crippen molar-refractivity contribution in [2.75, 3.05) is 32.5 Å². The number of hydrogen-bond acceptors (Lipinski definition) is 6. The molecule has 0 spiro atoms. The highest BCUT2D eigenvalue weighted by atomic mass is 32.1. The fourth-order valence-corrected chi connectivity index (χ4v) is 3.63. The lowest BCUT2D eigenvalue weighted by Gasteiger charge is -2.19. The molecule has 0 atom stereocenters. The molecular weight excluding hydrogens is 388 g/mol. The maximum Gasteiger partial charge on any atom is 0.273 e. The average Bonchev–Trinajstić information content (AvgIpc) is 3.19. The average molecular weight is 415 g/mol. The molecule has 0 aliphatic heterocycles. The van der Waals surface area contributed by atoms with E-state index < -0.39 is 0 Å². The summed E-state index contributed by atoms with van der Waals surface area (Å²) in [5, 5.41) is 10.7. The molecule has 29 heavy (non-hydrogen) atoms. The summed E-state index contributed by atoms with van der Waals surface area (Å²) in [5.74, 6) is -0.487. The van der Waals surface area contributed by atoms with Gasteiger partial charge in [0.05, 0.1) is 5.54 Å². The highest BCUT2D eigenvalue weighted by molar-refractivity contribution is 7.22. The van der Waals surface area contributed by atoms with Gasteiger partial charge in [0.25, 0.3) is 11.8 Å². The van der Waals surface area contributed by atoms with Gasteiger partial charge in [-0.3, -0.25) is 14.9 Å². The Hall–Kier alpha value is -2.78. The fourth-order valence-electron chi connectivity index (χ4n) is 2.71. The van der Waals surface area contributed by atoms with E-state index >= 15 is 0 Å². The number of aromatic nitrogens is 3. The van der Waals surface area contributed by atoms with Crippen LogP contribution in [0.2, 0.25) is 0 Å². The van der Waals surface area contributed by atoms with Crippen LogP contribution in [-0.2, 0) is 5.54 Å². The third-order valence-electron chi connectivity index (χ3n) is 4.18. The van der Waals surface area contributed by atoms with Crippen LogP contribution in [-0.4, -0.2) is 58.7 Å². The van der Waals surface area contributed by atoms with E-state index in [2.05, 4.69) is 20.7 Å². The number of rotatable bonds is 6. The number of anilines is 1. The standard InChI is InChI=1S/C20H26N6O2S/c1-20(2,3)26-16-15(14(24-26)18(28)21-11-12-25(4)5)29-19(22-16)23-17(27)13-9-7-6-8-10-13/h6-10H,11-12H2,1-5H3,(H,21,28)(H,22,23,27). The zero-order chi connectivity index (χ0) is 21.2. The largest absolute Gasteiger partial charge is 0.349 e. The molecule has 2 N–H and O–H groups in total. The first kappa shape index (κ1) is 20.9. The first-order valence-corrected chi connectivity index (χ1v) is 10.2. The SMILES string of the molecule is CN(C)CCNC(=O)c1nn(C(C)(C)C)c2nc(NC(=O)c3ccccc3)sc12. The lowest BCUT2D eigenvalue weighted by atomic mass is 10.1. The molecule has 0 bridgehead atoms. The van der Waals surface area contributed by atoms with E-state index in [0.29, 0.717) is 33.3 Å². The van der Waals surface area contributed by atoms with Gasteiger partial charge >= 0.3 is 0 Å². The van der Waals surface area contributed by atoms with Crippen molar-refractivity contribution in [2.45, 2.75) is 26.3 Å². The van der Waals surface area contributed by atoms with Crippen molar-refractivity contribution < 1.29 is 9.59 Å². The topological polar surface area (TPSA) is 92.2 Å². The van der Waals surface area contributed by atoms with Gasteiger partial charge in [-0.05, 0) is 47.0 Å². The smallest absolute Gasteiger partial charge is 0.273 e. The highest BCUT2D eigenvalue weighted by Crippen LogP contribution is 2.32. The Morgan fingerprint density at radius 3 is 2.45 bits per heavy atom. The van der Waals surface area contributed by atoms with Crippen LogP contribution in [0.1, 0.15) is 41.6 Å². The molecule has 2 amide bonds. The van der Waals surface area contributed by atoms with Gasteiger partial charge in [-0.25, -0.2) is 4.68 Å². The summed E-state index contributed by atoms with van der Waals surface area (Å²) in [5.41, 5.74) is 1.09. The van der Waals surface area contributed by atoms with Crippen LogP contribution in [0, 0.1) is 0 Å². The van der Waals surface area contributed by atoms with Gasteiger partial charge in [-0.15, -0.1) is 0 Å².